The quantitative estimate of drug-likeness (QED) is 0.602. The minimum absolute atomic E-state index is 0.0439. The normalized spacial score (nSPS) is 25.7. The third-order valence-corrected chi connectivity index (χ3v) is 2.51. The Morgan fingerprint density at radius 3 is 2.87 bits per heavy atom. The van der Waals surface area contributed by atoms with E-state index in [4.69, 9.17) is 9.84 Å². The van der Waals surface area contributed by atoms with Gasteiger partial charge < -0.3 is 14.8 Å². The summed E-state index contributed by atoms with van der Waals surface area (Å²) in [5.74, 6) is 0. The van der Waals surface area contributed by atoms with Crippen molar-refractivity contribution in [1.82, 2.24) is 9.97 Å². The van der Waals surface area contributed by atoms with Crippen molar-refractivity contribution in [3.63, 3.8) is 0 Å². The summed E-state index contributed by atoms with van der Waals surface area (Å²) in [4.78, 5) is 26.7. The molecule has 0 amide bonds. The number of nitrogens with one attached hydrogen (secondary N) is 2. The molecule has 0 aliphatic carbocycles. The van der Waals surface area contributed by atoms with E-state index in [0.29, 0.717) is 12.0 Å². The molecule has 1 saturated heterocycles. The summed E-state index contributed by atoms with van der Waals surface area (Å²) in [5, 5.41) is 8.88. The largest absolute Gasteiger partial charge is 0.394 e. The van der Waals surface area contributed by atoms with Crippen molar-refractivity contribution in [2.24, 2.45) is 0 Å². The zero-order valence-electron chi connectivity index (χ0n) is 8.03. The van der Waals surface area contributed by atoms with Crippen LogP contribution in [0.1, 0.15) is 24.5 Å². The van der Waals surface area contributed by atoms with Gasteiger partial charge in [0.15, 0.2) is 0 Å². The maximum atomic E-state index is 11.4. The first-order valence-corrected chi connectivity index (χ1v) is 4.79. The number of aliphatic hydroxyl groups is 1. The molecule has 2 heterocycles. The van der Waals surface area contributed by atoms with E-state index < -0.39 is 11.2 Å². The molecule has 1 aliphatic heterocycles. The molecule has 82 valence electrons. The van der Waals surface area contributed by atoms with Crippen molar-refractivity contribution in [1.29, 1.82) is 0 Å². The van der Waals surface area contributed by atoms with Crippen molar-refractivity contribution in [2.45, 2.75) is 25.0 Å². The first-order valence-electron chi connectivity index (χ1n) is 4.79. The Balaban J connectivity index is 2.24. The van der Waals surface area contributed by atoms with Gasteiger partial charge in [-0.2, -0.15) is 0 Å². The van der Waals surface area contributed by atoms with E-state index >= 15 is 0 Å². The average molecular weight is 212 g/mol. The molecular weight excluding hydrogens is 200 g/mol. The molecule has 1 aromatic heterocycles. The van der Waals surface area contributed by atoms with Gasteiger partial charge in [-0.3, -0.25) is 9.78 Å². The highest BCUT2D eigenvalue weighted by atomic mass is 16.5. The Morgan fingerprint density at radius 1 is 1.47 bits per heavy atom. The van der Waals surface area contributed by atoms with Gasteiger partial charge in [0.1, 0.15) is 0 Å². The second-order valence-electron chi connectivity index (χ2n) is 3.53. The minimum Gasteiger partial charge on any atom is -0.394 e. The molecule has 0 unspecified atom stereocenters. The lowest BCUT2D eigenvalue weighted by atomic mass is 10.1. The van der Waals surface area contributed by atoms with E-state index in [2.05, 4.69) is 9.97 Å². The third-order valence-electron chi connectivity index (χ3n) is 2.51. The molecule has 0 spiro atoms. The van der Waals surface area contributed by atoms with Crippen LogP contribution in [0.5, 0.6) is 0 Å². The van der Waals surface area contributed by atoms with Crippen LogP contribution in [0.3, 0.4) is 0 Å². The van der Waals surface area contributed by atoms with Gasteiger partial charge in [0.25, 0.3) is 5.56 Å². The van der Waals surface area contributed by atoms with Gasteiger partial charge in [0.2, 0.25) is 0 Å². The van der Waals surface area contributed by atoms with Gasteiger partial charge in [-0.25, -0.2) is 4.79 Å². The van der Waals surface area contributed by atoms with E-state index in [9.17, 15) is 9.59 Å². The zero-order valence-corrected chi connectivity index (χ0v) is 8.03. The fourth-order valence-electron chi connectivity index (χ4n) is 1.73. The number of H-pyrrole nitrogens is 2. The summed E-state index contributed by atoms with van der Waals surface area (Å²) in [6.45, 7) is -0.0439. The maximum absolute atomic E-state index is 11.4. The predicted octanol–water partition coefficient (Wildman–Crippen LogP) is -0.724. The summed E-state index contributed by atoms with van der Waals surface area (Å²) < 4.78 is 5.43. The van der Waals surface area contributed by atoms with Gasteiger partial charge in [-0.05, 0) is 12.8 Å². The van der Waals surface area contributed by atoms with E-state index in [-0.39, 0.29) is 18.8 Å². The average Bonchev–Trinajstić information content (AvgIpc) is 2.66. The fourth-order valence-corrected chi connectivity index (χ4v) is 1.73. The number of hydrogen-bond acceptors (Lipinski definition) is 4. The number of hydrogen-bond donors (Lipinski definition) is 3. The van der Waals surface area contributed by atoms with Crippen molar-refractivity contribution >= 4 is 0 Å². The van der Waals surface area contributed by atoms with Gasteiger partial charge in [-0.15, -0.1) is 0 Å². The maximum Gasteiger partial charge on any atom is 0.325 e. The SMILES string of the molecule is O=c1[nH]cc([C@H]2CC[C@@H](CO)O2)c(=O)[nH]1. The van der Waals surface area contributed by atoms with Crippen molar-refractivity contribution in [3.05, 3.63) is 32.6 Å². The van der Waals surface area contributed by atoms with Crippen LogP contribution in [0, 0.1) is 0 Å². The molecule has 0 aromatic carbocycles. The second-order valence-corrected chi connectivity index (χ2v) is 3.53. The minimum atomic E-state index is -0.527. The molecule has 2 atom stereocenters. The Hall–Kier alpha value is -1.40. The van der Waals surface area contributed by atoms with Crippen molar-refractivity contribution in [3.8, 4) is 0 Å². The van der Waals surface area contributed by atoms with E-state index in [1.54, 1.807) is 0 Å². The molecule has 6 heteroatoms. The molecule has 0 bridgehead atoms. The van der Waals surface area contributed by atoms with E-state index in [1.807, 2.05) is 0 Å². The molecule has 15 heavy (non-hydrogen) atoms. The summed E-state index contributed by atoms with van der Waals surface area (Å²) in [5.41, 5.74) is -0.548. The lowest BCUT2D eigenvalue weighted by Crippen LogP contribution is -2.26. The summed E-state index contributed by atoms with van der Waals surface area (Å²) in [6, 6.07) is 0. The Kier molecular flexibility index (Phi) is 2.70. The van der Waals surface area contributed by atoms with Crippen LogP contribution in [-0.2, 0) is 4.74 Å². The van der Waals surface area contributed by atoms with Crippen molar-refractivity contribution < 1.29 is 9.84 Å². The fraction of sp³-hybridized carbons (Fsp3) is 0.556. The smallest absolute Gasteiger partial charge is 0.325 e. The molecule has 1 aromatic rings. The third kappa shape index (κ3) is 2.00. The highest BCUT2D eigenvalue weighted by molar-refractivity contribution is 5.09. The Labute approximate surface area is 84.9 Å². The van der Waals surface area contributed by atoms with E-state index in [1.165, 1.54) is 6.20 Å². The zero-order chi connectivity index (χ0) is 10.8. The summed E-state index contributed by atoms with van der Waals surface area (Å²) in [6.07, 6.45) is 2.23. The van der Waals surface area contributed by atoms with Crippen LogP contribution in [0.15, 0.2) is 15.8 Å². The van der Waals surface area contributed by atoms with Gasteiger partial charge in [-0.1, -0.05) is 0 Å². The first kappa shape index (κ1) is 10.1. The molecule has 2 rings (SSSR count). The molecule has 0 radical (unpaired) electrons. The molecule has 1 aliphatic rings. The topological polar surface area (TPSA) is 95.2 Å². The van der Waals surface area contributed by atoms with Crippen LogP contribution in [0.4, 0.5) is 0 Å². The Bertz CT molecular complexity index is 450. The standard InChI is InChI=1S/C9H12N2O4/c12-4-5-1-2-7(15-5)6-3-10-9(14)11-8(6)13/h3,5,7,12H,1-2,4H2,(H2,10,11,13,14)/t5-,7+/m0/s1. The van der Waals surface area contributed by atoms with Crippen LogP contribution < -0.4 is 11.2 Å². The first-order chi connectivity index (χ1) is 7.20. The Morgan fingerprint density at radius 2 is 2.27 bits per heavy atom. The predicted molar refractivity (Wildman–Crippen MR) is 51.6 cm³/mol. The molecular formula is C9H12N2O4. The van der Waals surface area contributed by atoms with Crippen molar-refractivity contribution in [2.75, 3.05) is 6.61 Å². The number of aromatic nitrogens is 2. The molecule has 1 fully saturated rings. The monoisotopic (exact) mass is 212 g/mol. The van der Waals surface area contributed by atoms with E-state index in [0.717, 1.165) is 6.42 Å². The van der Waals surface area contributed by atoms with Gasteiger partial charge in [0.05, 0.1) is 24.4 Å². The number of ether oxygens (including phenoxy) is 1. The summed E-state index contributed by atoms with van der Waals surface area (Å²) >= 11 is 0. The van der Waals surface area contributed by atoms with Gasteiger partial charge >= 0.3 is 5.69 Å². The number of rotatable bonds is 2. The highest BCUT2D eigenvalue weighted by Crippen LogP contribution is 2.29. The molecule has 0 saturated carbocycles. The number of aromatic amines is 2. The second kappa shape index (κ2) is 4.00. The molecule has 6 nitrogen and oxygen atoms in total. The van der Waals surface area contributed by atoms with Crippen LogP contribution in [0.25, 0.3) is 0 Å². The lowest BCUT2D eigenvalue weighted by molar-refractivity contribution is 0.0102. The molecule has 3 N–H and O–H groups in total. The highest BCUT2D eigenvalue weighted by Gasteiger charge is 2.27. The van der Waals surface area contributed by atoms with Gasteiger partial charge in [0, 0.05) is 6.20 Å². The van der Waals surface area contributed by atoms with Crippen LogP contribution >= 0.6 is 0 Å². The summed E-state index contributed by atoms with van der Waals surface area (Å²) in [7, 11) is 0. The van der Waals surface area contributed by atoms with Crippen LogP contribution in [0.2, 0.25) is 0 Å². The van der Waals surface area contributed by atoms with Crippen LogP contribution in [-0.4, -0.2) is 27.8 Å². The lowest BCUT2D eigenvalue weighted by Gasteiger charge is -2.10. The number of aliphatic hydroxyl groups excluding tert-OH is 1.